The largest absolute Gasteiger partial charge is 0.369 e. The molecule has 1 N–H and O–H groups in total. The SMILES string of the molecule is Brc1cccc(-n2nc(-c3ccc(-c4ccccc4)cc3)c3c2NCC3)c1. The van der Waals surface area contributed by atoms with Crippen molar-refractivity contribution in [1.29, 1.82) is 0 Å². The van der Waals surface area contributed by atoms with Gasteiger partial charge >= 0.3 is 0 Å². The molecule has 0 unspecified atom stereocenters. The molecule has 3 nitrogen and oxygen atoms in total. The summed E-state index contributed by atoms with van der Waals surface area (Å²) < 4.78 is 3.07. The molecule has 0 radical (unpaired) electrons. The van der Waals surface area contributed by atoms with E-state index in [9.17, 15) is 0 Å². The number of rotatable bonds is 3. The van der Waals surface area contributed by atoms with Crippen LogP contribution in [0.4, 0.5) is 5.82 Å². The molecule has 0 saturated carbocycles. The maximum absolute atomic E-state index is 4.95. The summed E-state index contributed by atoms with van der Waals surface area (Å²) in [6, 6.07) is 27.4. The predicted octanol–water partition coefficient (Wildman–Crippen LogP) is 5.94. The fourth-order valence-electron chi connectivity index (χ4n) is 3.65. The third kappa shape index (κ3) is 2.96. The van der Waals surface area contributed by atoms with Gasteiger partial charge in [0.2, 0.25) is 0 Å². The fraction of sp³-hybridized carbons (Fsp3) is 0.0870. The number of halogens is 1. The van der Waals surface area contributed by atoms with Crippen molar-refractivity contribution >= 4 is 21.7 Å². The molecule has 0 spiro atoms. The van der Waals surface area contributed by atoms with E-state index in [1.807, 2.05) is 22.9 Å². The van der Waals surface area contributed by atoms with Crippen LogP contribution in [-0.4, -0.2) is 16.3 Å². The molecule has 2 heterocycles. The Bertz CT molecular complexity index is 1100. The Hall–Kier alpha value is -2.85. The monoisotopic (exact) mass is 415 g/mol. The average molecular weight is 416 g/mol. The quantitative estimate of drug-likeness (QED) is 0.448. The van der Waals surface area contributed by atoms with E-state index in [0.717, 1.165) is 40.2 Å². The minimum absolute atomic E-state index is 0.955. The maximum atomic E-state index is 4.95. The second kappa shape index (κ2) is 6.71. The standard InChI is InChI=1S/C23H18BrN3/c24-19-7-4-8-20(15-19)27-23-21(13-14-25-23)22(26-27)18-11-9-17(10-12-18)16-5-2-1-3-6-16/h1-12,15,25H,13-14H2. The molecule has 132 valence electrons. The summed E-state index contributed by atoms with van der Waals surface area (Å²) in [6.07, 6.45) is 0.999. The summed E-state index contributed by atoms with van der Waals surface area (Å²) in [5, 5.41) is 8.45. The van der Waals surface area contributed by atoms with Crippen LogP contribution in [0.2, 0.25) is 0 Å². The summed E-state index contributed by atoms with van der Waals surface area (Å²) in [6.45, 7) is 0.955. The Labute approximate surface area is 166 Å². The van der Waals surface area contributed by atoms with Crippen molar-refractivity contribution in [3.05, 3.63) is 88.9 Å². The van der Waals surface area contributed by atoms with E-state index in [1.54, 1.807) is 0 Å². The minimum atomic E-state index is 0.955. The van der Waals surface area contributed by atoms with Crippen LogP contribution < -0.4 is 5.32 Å². The molecule has 0 atom stereocenters. The first-order valence-electron chi connectivity index (χ1n) is 9.07. The molecule has 0 fully saturated rings. The van der Waals surface area contributed by atoms with Crippen molar-refractivity contribution in [3.63, 3.8) is 0 Å². The normalized spacial score (nSPS) is 12.6. The summed E-state index contributed by atoms with van der Waals surface area (Å²) in [5.74, 6) is 1.11. The highest BCUT2D eigenvalue weighted by Gasteiger charge is 2.23. The first kappa shape index (κ1) is 16.3. The lowest BCUT2D eigenvalue weighted by Gasteiger charge is -2.07. The van der Waals surface area contributed by atoms with E-state index >= 15 is 0 Å². The van der Waals surface area contributed by atoms with E-state index < -0.39 is 0 Å². The topological polar surface area (TPSA) is 29.9 Å². The second-order valence-corrected chi connectivity index (χ2v) is 7.60. The Morgan fingerprint density at radius 3 is 2.33 bits per heavy atom. The predicted molar refractivity (Wildman–Crippen MR) is 114 cm³/mol. The molecule has 0 bridgehead atoms. The average Bonchev–Trinajstić information content (AvgIpc) is 3.32. The molecule has 0 amide bonds. The number of nitrogens with zero attached hydrogens (tertiary/aromatic N) is 2. The fourth-order valence-corrected chi connectivity index (χ4v) is 4.04. The number of aromatic nitrogens is 2. The molecule has 1 aliphatic heterocycles. The van der Waals surface area contributed by atoms with Gasteiger partial charge in [-0.1, -0.05) is 76.6 Å². The zero-order valence-electron chi connectivity index (χ0n) is 14.7. The van der Waals surface area contributed by atoms with E-state index in [0.29, 0.717) is 0 Å². The van der Waals surface area contributed by atoms with Crippen molar-refractivity contribution in [2.45, 2.75) is 6.42 Å². The molecule has 5 rings (SSSR count). The molecular formula is C23H18BrN3. The molecule has 4 heteroatoms. The minimum Gasteiger partial charge on any atom is -0.369 e. The third-order valence-electron chi connectivity index (χ3n) is 4.97. The molecule has 1 aromatic heterocycles. The first-order valence-corrected chi connectivity index (χ1v) is 9.86. The van der Waals surface area contributed by atoms with Crippen LogP contribution in [-0.2, 0) is 6.42 Å². The van der Waals surface area contributed by atoms with Gasteiger partial charge in [-0.15, -0.1) is 0 Å². The maximum Gasteiger partial charge on any atom is 0.133 e. The van der Waals surface area contributed by atoms with Gasteiger partial charge in [0.25, 0.3) is 0 Å². The lowest BCUT2D eigenvalue weighted by molar-refractivity contribution is 0.882. The number of benzene rings is 3. The Morgan fingerprint density at radius 2 is 1.56 bits per heavy atom. The van der Waals surface area contributed by atoms with Gasteiger partial charge in [0, 0.05) is 22.1 Å². The van der Waals surface area contributed by atoms with Crippen molar-refractivity contribution < 1.29 is 0 Å². The van der Waals surface area contributed by atoms with E-state index in [-0.39, 0.29) is 0 Å². The van der Waals surface area contributed by atoms with Gasteiger partial charge in [-0.2, -0.15) is 5.10 Å². The summed E-state index contributed by atoms with van der Waals surface area (Å²) in [4.78, 5) is 0. The smallest absolute Gasteiger partial charge is 0.133 e. The number of hydrogen-bond acceptors (Lipinski definition) is 2. The van der Waals surface area contributed by atoms with Crippen molar-refractivity contribution in [3.8, 4) is 28.1 Å². The van der Waals surface area contributed by atoms with E-state index in [1.165, 1.54) is 16.7 Å². The Morgan fingerprint density at radius 1 is 0.815 bits per heavy atom. The molecule has 27 heavy (non-hydrogen) atoms. The lowest BCUT2D eigenvalue weighted by Crippen LogP contribution is -2.04. The van der Waals surface area contributed by atoms with E-state index in [4.69, 9.17) is 5.10 Å². The molecule has 1 aliphatic rings. The molecular weight excluding hydrogens is 398 g/mol. The van der Waals surface area contributed by atoms with Crippen LogP contribution in [0.1, 0.15) is 5.56 Å². The van der Waals surface area contributed by atoms with Crippen LogP contribution in [0.3, 0.4) is 0 Å². The van der Waals surface area contributed by atoms with Gasteiger partial charge in [0.05, 0.1) is 11.4 Å². The van der Waals surface area contributed by atoms with E-state index in [2.05, 4.69) is 81.9 Å². The zero-order valence-corrected chi connectivity index (χ0v) is 16.3. The molecule has 0 saturated heterocycles. The van der Waals surface area contributed by atoms with Crippen LogP contribution in [0.15, 0.2) is 83.3 Å². The van der Waals surface area contributed by atoms with Crippen LogP contribution >= 0.6 is 15.9 Å². The number of anilines is 1. The Balaban J connectivity index is 1.57. The van der Waals surface area contributed by atoms with Gasteiger partial charge in [-0.05, 0) is 35.7 Å². The second-order valence-electron chi connectivity index (χ2n) is 6.69. The van der Waals surface area contributed by atoms with Crippen LogP contribution in [0.25, 0.3) is 28.1 Å². The van der Waals surface area contributed by atoms with Crippen LogP contribution in [0.5, 0.6) is 0 Å². The van der Waals surface area contributed by atoms with Crippen molar-refractivity contribution in [2.24, 2.45) is 0 Å². The molecule has 4 aromatic rings. The first-order chi connectivity index (χ1) is 13.3. The van der Waals surface area contributed by atoms with Gasteiger partial charge in [0.15, 0.2) is 0 Å². The van der Waals surface area contributed by atoms with Crippen LogP contribution in [0, 0.1) is 0 Å². The van der Waals surface area contributed by atoms with Gasteiger partial charge in [0.1, 0.15) is 5.82 Å². The summed E-state index contributed by atoms with van der Waals surface area (Å²) in [5.41, 5.74) is 7.03. The highest BCUT2D eigenvalue weighted by Crippen LogP contribution is 2.35. The van der Waals surface area contributed by atoms with Gasteiger partial charge in [-0.25, -0.2) is 4.68 Å². The lowest BCUT2D eigenvalue weighted by atomic mass is 10.0. The molecule has 3 aromatic carbocycles. The summed E-state index contributed by atoms with van der Waals surface area (Å²) >= 11 is 3.56. The highest BCUT2D eigenvalue weighted by molar-refractivity contribution is 9.10. The van der Waals surface area contributed by atoms with Gasteiger partial charge in [-0.3, -0.25) is 0 Å². The number of hydrogen-bond donors (Lipinski definition) is 1. The molecule has 0 aliphatic carbocycles. The highest BCUT2D eigenvalue weighted by atomic mass is 79.9. The van der Waals surface area contributed by atoms with Crippen molar-refractivity contribution in [2.75, 3.05) is 11.9 Å². The zero-order chi connectivity index (χ0) is 18.2. The number of nitrogens with one attached hydrogen (secondary N) is 1. The Kier molecular flexibility index (Phi) is 4.06. The van der Waals surface area contributed by atoms with Gasteiger partial charge < -0.3 is 5.32 Å². The van der Waals surface area contributed by atoms with Crippen molar-refractivity contribution in [1.82, 2.24) is 9.78 Å². The third-order valence-corrected chi connectivity index (χ3v) is 5.46. The number of fused-ring (bicyclic) bond motifs is 1. The summed E-state index contributed by atoms with van der Waals surface area (Å²) in [7, 11) is 0.